The van der Waals surface area contributed by atoms with Gasteiger partial charge in [-0.25, -0.2) is 0 Å². The fourth-order valence-electron chi connectivity index (χ4n) is 3.30. The number of nitrogens with zero attached hydrogens (tertiary/aromatic N) is 3. The topological polar surface area (TPSA) is 28.6 Å². The molecule has 0 saturated heterocycles. The molecule has 3 aromatic rings. The highest BCUT2D eigenvalue weighted by molar-refractivity contribution is 5.84. The largest absolute Gasteiger partial charge is 0.497 e. The first kappa shape index (κ1) is 19.3. The second-order valence-corrected chi connectivity index (χ2v) is 7.24. The molecule has 4 heteroatoms. The van der Waals surface area contributed by atoms with Gasteiger partial charge >= 0.3 is 0 Å². The van der Waals surface area contributed by atoms with E-state index in [-0.39, 0.29) is 0 Å². The minimum Gasteiger partial charge on any atom is -0.497 e. The van der Waals surface area contributed by atoms with Gasteiger partial charge in [0.2, 0.25) is 0 Å². The van der Waals surface area contributed by atoms with E-state index >= 15 is 0 Å². The molecule has 0 atom stereocenters. The van der Waals surface area contributed by atoms with Crippen LogP contribution in [0.1, 0.15) is 17.7 Å². The van der Waals surface area contributed by atoms with Crippen LogP contribution in [-0.4, -0.2) is 49.1 Å². The number of fused-ring (bicyclic) bond motifs is 1. The molecule has 142 valence electrons. The minimum absolute atomic E-state index is 0.870. The van der Waals surface area contributed by atoms with Crippen LogP contribution >= 0.6 is 0 Å². The second-order valence-electron chi connectivity index (χ2n) is 7.24. The monoisotopic (exact) mass is 363 g/mol. The highest BCUT2D eigenvalue weighted by atomic mass is 16.5. The molecule has 0 unspecified atom stereocenters. The van der Waals surface area contributed by atoms with Crippen LogP contribution < -0.4 is 4.74 Å². The van der Waals surface area contributed by atoms with Gasteiger partial charge in [-0.2, -0.15) is 0 Å². The molecule has 3 rings (SSSR count). The smallest absolute Gasteiger partial charge is 0.119 e. The first-order chi connectivity index (χ1) is 13.1. The molecule has 0 amide bonds. The van der Waals surface area contributed by atoms with E-state index < -0.39 is 0 Å². The maximum absolute atomic E-state index is 5.33. The Kier molecular flexibility index (Phi) is 6.80. The maximum atomic E-state index is 5.33. The van der Waals surface area contributed by atoms with E-state index in [9.17, 15) is 0 Å². The van der Waals surface area contributed by atoms with Crippen LogP contribution in [0.5, 0.6) is 5.75 Å². The molecule has 4 nitrogen and oxygen atoms in total. The van der Waals surface area contributed by atoms with Crippen molar-refractivity contribution >= 4 is 10.8 Å². The zero-order valence-corrected chi connectivity index (χ0v) is 16.6. The molecule has 0 saturated carbocycles. The highest BCUT2D eigenvalue weighted by Crippen LogP contribution is 2.22. The lowest BCUT2D eigenvalue weighted by Gasteiger charge is -2.23. The molecular weight excluding hydrogens is 334 g/mol. The van der Waals surface area contributed by atoms with Crippen molar-refractivity contribution in [2.45, 2.75) is 19.5 Å². The van der Waals surface area contributed by atoms with Gasteiger partial charge in [0.15, 0.2) is 0 Å². The van der Waals surface area contributed by atoms with Crippen LogP contribution in [0.25, 0.3) is 10.8 Å². The number of benzene rings is 2. The Labute approximate surface area is 162 Å². The average molecular weight is 364 g/mol. The van der Waals surface area contributed by atoms with Gasteiger partial charge in [0.05, 0.1) is 12.8 Å². The molecule has 2 aromatic carbocycles. The van der Waals surface area contributed by atoms with Gasteiger partial charge in [-0.1, -0.05) is 24.3 Å². The summed E-state index contributed by atoms with van der Waals surface area (Å²) in [6, 6.07) is 19.1. The van der Waals surface area contributed by atoms with Gasteiger partial charge in [-0.05, 0) is 73.7 Å². The van der Waals surface area contributed by atoms with E-state index in [1.54, 1.807) is 7.11 Å². The molecule has 1 aromatic heterocycles. The van der Waals surface area contributed by atoms with Crippen LogP contribution in [0.3, 0.4) is 0 Å². The molecule has 1 heterocycles. The summed E-state index contributed by atoms with van der Waals surface area (Å²) in [5, 5.41) is 2.46. The number of hydrogen-bond donors (Lipinski definition) is 0. The zero-order chi connectivity index (χ0) is 19.1. The summed E-state index contributed by atoms with van der Waals surface area (Å²) in [6.45, 7) is 3.94. The van der Waals surface area contributed by atoms with Crippen LogP contribution in [0.4, 0.5) is 0 Å². The van der Waals surface area contributed by atoms with Crippen molar-refractivity contribution in [2.75, 3.05) is 34.3 Å². The van der Waals surface area contributed by atoms with Gasteiger partial charge in [-0.15, -0.1) is 0 Å². The molecule has 0 aliphatic carbocycles. The summed E-state index contributed by atoms with van der Waals surface area (Å²) in [5.74, 6) is 0.899. The number of rotatable bonds is 9. The number of aromatic nitrogens is 1. The van der Waals surface area contributed by atoms with Crippen molar-refractivity contribution in [1.82, 2.24) is 14.8 Å². The fourth-order valence-corrected chi connectivity index (χ4v) is 3.30. The third-order valence-corrected chi connectivity index (χ3v) is 4.71. The lowest BCUT2D eigenvalue weighted by atomic mass is 10.1. The van der Waals surface area contributed by atoms with E-state index in [4.69, 9.17) is 4.74 Å². The number of pyridine rings is 1. The van der Waals surface area contributed by atoms with E-state index in [1.807, 2.05) is 18.3 Å². The van der Waals surface area contributed by atoms with Gasteiger partial charge in [0, 0.05) is 25.8 Å². The average Bonchev–Trinajstić information content (AvgIpc) is 2.68. The van der Waals surface area contributed by atoms with Crippen molar-refractivity contribution in [2.24, 2.45) is 0 Å². The van der Waals surface area contributed by atoms with Gasteiger partial charge in [0.1, 0.15) is 5.75 Å². The summed E-state index contributed by atoms with van der Waals surface area (Å²) in [4.78, 5) is 9.23. The minimum atomic E-state index is 0.870. The molecule has 0 aliphatic heterocycles. The normalized spacial score (nSPS) is 11.4. The summed E-state index contributed by atoms with van der Waals surface area (Å²) >= 11 is 0. The molecule has 27 heavy (non-hydrogen) atoms. The van der Waals surface area contributed by atoms with Crippen molar-refractivity contribution in [3.63, 3.8) is 0 Å². The molecule has 0 fully saturated rings. The molecule has 0 N–H and O–H groups in total. The third-order valence-electron chi connectivity index (χ3n) is 4.71. The van der Waals surface area contributed by atoms with Gasteiger partial charge in [0.25, 0.3) is 0 Å². The van der Waals surface area contributed by atoms with Crippen LogP contribution in [0.2, 0.25) is 0 Å². The van der Waals surface area contributed by atoms with Crippen LogP contribution in [0.15, 0.2) is 60.8 Å². The van der Waals surface area contributed by atoms with Gasteiger partial charge in [-0.3, -0.25) is 9.88 Å². The number of hydrogen-bond acceptors (Lipinski definition) is 4. The van der Waals surface area contributed by atoms with Crippen molar-refractivity contribution in [1.29, 1.82) is 0 Å². The summed E-state index contributed by atoms with van der Waals surface area (Å²) in [5.41, 5.74) is 2.45. The van der Waals surface area contributed by atoms with Crippen LogP contribution in [0, 0.1) is 0 Å². The standard InChI is InChI=1S/C23H29N3O/c1-25(2)13-6-14-26(18-22-7-4-5-12-24-22)17-19-8-9-21-16-23(27-3)11-10-20(21)15-19/h4-5,7-12,15-16H,6,13-14,17-18H2,1-3H3. The van der Waals surface area contributed by atoms with Gasteiger partial charge < -0.3 is 9.64 Å². The first-order valence-electron chi connectivity index (χ1n) is 9.48. The summed E-state index contributed by atoms with van der Waals surface area (Å²) in [6.07, 6.45) is 3.02. The summed E-state index contributed by atoms with van der Waals surface area (Å²) < 4.78 is 5.33. The lowest BCUT2D eigenvalue weighted by Crippen LogP contribution is -2.27. The SMILES string of the molecule is COc1ccc2cc(CN(CCCN(C)C)Cc3ccccn3)ccc2c1. The molecule has 0 aliphatic rings. The molecular formula is C23H29N3O. The van der Waals surface area contributed by atoms with Crippen molar-refractivity contribution in [3.05, 3.63) is 72.1 Å². The Bertz CT molecular complexity index is 849. The predicted molar refractivity (Wildman–Crippen MR) is 112 cm³/mol. The van der Waals surface area contributed by atoms with Crippen molar-refractivity contribution < 1.29 is 4.74 Å². The van der Waals surface area contributed by atoms with E-state index in [1.165, 1.54) is 16.3 Å². The Morgan fingerprint density at radius 1 is 0.889 bits per heavy atom. The third kappa shape index (κ3) is 5.78. The fraction of sp³-hybridized carbons (Fsp3) is 0.348. The maximum Gasteiger partial charge on any atom is 0.119 e. The second kappa shape index (κ2) is 9.49. The molecule has 0 radical (unpaired) electrons. The van der Waals surface area contributed by atoms with E-state index in [0.717, 1.165) is 44.0 Å². The predicted octanol–water partition coefficient (Wildman–Crippen LogP) is 4.20. The zero-order valence-electron chi connectivity index (χ0n) is 16.6. The Morgan fingerprint density at radius 3 is 2.44 bits per heavy atom. The quantitative estimate of drug-likeness (QED) is 0.570. The first-order valence-corrected chi connectivity index (χ1v) is 9.48. The molecule has 0 spiro atoms. The Balaban J connectivity index is 1.74. The van der Waals surface area contributed by atoms with E-state index in [0.29, 0.717) is 0 Å². The summed E-state index contributed by atoms with van der Waals surface area (Å²) in [7, 11) is 5.96. The molecule has 0 bridgehead atoms. The van der Waals surface area contributed by atoms with Crippen LogP contribution in [-0.2, 0) is 13.1 Å². The van der Waals surface area contributed by atoms with Crippen molar-refractivity contribution in [3.8, 4) is 5.75 Å². The Morgan fingerprint density at radius 2 is 1.70 bits per heavy atom. The lowest BCUT2D eigenvalue weighted by molar-refractivity contribution is 0.237. The number of ether oxygens (including phenoxy) is 1. The highest BCUT2D eigenvalue weighted by Gasteiger charge is 2.09. The Hall–Kier alpha value is -2.43. The van der Waals surface area contributed by atoms with E-state index in [2.05, 4.69) is 71.3 Å². The number of methoxy groups -OCH3 is 1.